The number of rotatable bonds is 5. The number of fused-ring (bicyclic) bond motifs is 1. The second kappa shape index (κ2) is 7.36. The Bertz CT molecular complexity index is 1140. The molecule has 1 amide bonds. The summed E-state index contributed by atoms with van der Waals surface area (Å²) in [6.45, 7) is 1.41. The Kier molecular flexibility index (Phi) is 5.23. The first kappa shape index (κ1) is 20.6. The zero-order valence-electron chi connectivity index (χ0n) is 14.9. The number of pyridine rings is 1. The van der Waals surface area contributed by atoms with Gasteiger partial charge in [-0.15, -0.1) is 13.2 Å². The Morgan fingerprint density at radius 1 is 1.34 bits per heavy atom. The molecule has 0 bridgehead atoms. The summed E-state index contributed by atoms with van der Waals surface area (Å²) in [6, 6.07) is 6.85. The lowest BCUT2D eigenvalue weighted by molar-refractivity contribution is -0.274. The van der Waals surface area contributed by atoms with Crippen molar-refractivity contribution in [2.75, 3.05) is 0 Å². The van der Waals surface area contributed by atoms with E-state index in [1.807, 2.05) is 6.07 Å². The number of hydrogen-bond donors (Lipinski definition) is 1. The van der Waals surface area contributed by atoms with E-state index in [-0.39, 0.29) is 17.7 Å². The number of amides is 1. The van der Waals surface area contributed by atoms with Gasteiger partial charge in [0.1, 0.15) is 16.8 Å². The standard InChI is InChI=1S/C18H13BrF3N5O2/c1-17(8-23,9-27-7-15-14(26-27)4-10(19)6-25-15)13-5-11(29-18(20,21)22)2-3-12(13)16(24)28/h2-7H,9H2,1H3,(H2,24,28). The van der Waals surface area contributed by atoms with Crippen molar-refractivity contribution in [2.45, 2.75) is 25.2 Å². The molecule has 2 heterocycles. The fourth-order valence-corrected chi connectivity index (χ4v) is 3.22. The van der Waals surface area contributed by atoms with Crippen molar-refractivity contribution in [3.8, 4) is 11.8 Å². The Morgan fingerprint density at radius 3 is 2.69 bits per heavy atom. The monoisotopic (exact) mass is 467 g/mol. The van der Waals surface area contributed by atoms with Gasteiger partial charge in [0.15, 0.2) is 0 Å². The van der Waals surface area contributed by atoms with Crippen molar-refractivity contribution >= 4 is 32.9 Å². The smallest absolute Gasteiger partial charge is 0.406 e. The summed E-state index contributed by atoms with van der Waals surface area (Å²) in [5.74, 6) is -1.44. The minimum absolute atomic E-state index is 0.00273. The lowest BCUT2D eigenvalue weighted by atomic mass is 9.80. The summed E-state index contributed by atoms with van der Waals surface area (Å²) in [5.41, 5.74) is 4.98. The average Bonchev–Trinajstić information content (AvgIpc) is 3.01. The molecule has 0 radical (unpaired) electrons. The minimum Gasteiger partial charge on any atom is -0.406 e. The molecule has 0 saturated heterocycles. The van der Waals surface area contributed by atoms with Crippen LogP contribution in [0.1, 0.15) is 22.8 Å². The van der Waals surface area contributed by atoms with E-state index >= 15 is 0 Å². The van der Waals surface area contributed by atoms with Gasteiger partial charge < -0.3 is 10.5 Å². The maximum atomic E-state index is 12.6. The molecular weight excluding hydrogens is 455 g/mol. The van der Waals surface area contributed by atoms with E-state index in [1.165, 1.54) is 11.6 Å². The van der Waals surface area contributed by atoms with Crippen molar-refractivity contribution in [1.82, 2.24) is 14.8 Å². The molecule has 7 nitrogen and oxygen atoms in total. The van der Waals surface area contributed by atoms with Crippen molar-refractivity contribution in [3.63, 3.8) is 0 Å². The predicted molar refractivity (Wildman–Crippen MR) is 99.8 cm³/mol. The van der Waals surface area contributed by atoms with Crippen LogP contribution in [0, 0.1) is 11.3 Å². The van der Waals surface area contributed by atoms with Crippen molar-refractivity contribution in [3.05, 3.63) is 52.3 Å². The summed E-state index contributed by atoms with van der Waals surface area (Å²) in [7, 11) is 0. The van der Waals surface area contributed by atoms with Gasteiger partial charge in [-0.1, -0.05) is 0 Å². The third-order valence-corrected chi connectivity index (χ3v) is 4.61. The lowest BCUT2D eigenvalue weighted by Crippen LogP contribution is -2.30. The highest BCUT2D eigenvalue weighted by Gasteiger charge is 2.35. The molecule has 1 aromatic carbocycles. The van der Waals surface area contributed by atoms with Crippen molar-refractivity contribution in [1.29, 1.82) is 5.26 Å². The molecule has 0 aliphatic carbocycles. The first-order valence-electron chi connectivity index (χ1n) is 8.11. The molecule has 3 rings (SSSR count). The van der Waals surface area contributed by atoms with Crippen molar-refractivity contribution < 1.29 is 22.7 Å². The normalized spacial score (nSPS) is 13.7. The zero-order chi connectivity index (χ0) is 21.4. The molecule has 1 unspecified atom stereocenters. The van der Waals surface area contributed by atoms with Crippen LogP contribution in [0.3, 0.4) is 0 Å². The molecule has 0 fully saturated rings. The van der Waals surface area contributed by atoms with Gasteiger partial charge >= 0.3 is 6.36 Å². The Morgan fingerprint density at radius 2 is 2.07 bits per heavy atom. The maximum Gasteiger partial charge on any atom is 0.573 e. The molecular formula is C18H13BrF3N5O2. The van der Waals surface area contributed by atoms with Crippen LogP contribution in [0.25, 0.3) is 11.0 Å². The van der Waals surface area contributed by atoms with Gasteiger partial charge in [-0.05, 0) is 52.7 Å². The summed E-state index contributed by atoms with van der Waals surface area (Å²) in [5, 5.41) is 14.2. The van der Waals surface area contributed by atoms with Gasteiger partial charge in [-0.3, -0.25) is 14.5 Å². The van der Waals surface area contributed by atoms with Crippen LogP contribution in [-0.2, 0) is 12.0 Å². The molecule has 2 N–H and O–H groups in total. The third-order valence-electron chi connectivity index (χ3n) is 4.18. The predicted octanol–water partition coefficient (Wildman–Crippen LogP) is 3.67. The lowest BCUT2D eigenvalue weighted by Gasteiger charge is -2.25. The molecule has 29 heavy (non-hydrogen) atoms. The maximum absolute atomic E-state index is 12.6. The van der Waals surface area contributed by atoms with Crippen LogP contribution in [0.15, 0.2) is 41.1 Å². The van der Waals surface area contributed by atoms with Crippen LogP contribution >= 0.6 is 15.9 Å². The average molecular weight is 468 g/mol. The number of nitrogens with zero attached hydrogens (tertiary/aromatic N) is 4. The second-order valence-electron chi connectivity index (χ2n) is 6.45. The Labute approximate surface area is 171 Å². The van der Waals surface area contributed by atoms with Crippen LogP contribution in [0.5, 0.6) is 5.75 Å². The Hall–Kier alpha value is -3.13. The van der Waals surface area contributed by atoms with E-state index in [9.17, 15) is 23.2 Å². The number of carbonyl (C=O) groups is 1. The summed E-state index contributed by atoms with van der Waals surface area (Å²) in [4.78, 5) is 16.0. The molecule has 2 aromatic heterocycles. The summed E-state index contributed by atoms with van der Waals surface area (Å²) < 4.78 is 43.9. The van der Waals surface area contributed by atoms with Gasteiger partial charge in [0.05, 0.1) is 24.2 Å². The number of ether oxygens (including phenoxy) is 1. The van der Waals surface area contributed by atoms with E-state index in [4.69, 9.17) is 5.73 Å². The number of primary amides is 1. The molecule has 11 heteroatoms. The topological polar surface area (TPSA) is 107 Å². The van der Waals surface area contributed by atoms with E-state index in [0.29, 0.717) is 15.5 Å². The second-order valence-corrected chi connectivity index (χ2v) is 7.36. The van der Waals surface area contributed by atoms with Crippen LogP contribution in [-0.4, -0.2) is 27.0 Å². The van der Waals surface area contributed by atoms with Gasteiger partial charge in [0.2, 0.25) is 5.91 Å². The number of nitriles is 1. The number of halogens is 4. The van der Waals surface area contributed by atoms with Crippen LogP contribution in [0.4, 0.5) is 13.2 Å². The molecule has 3 aromatic rings. The van der Waals surface area contributed by atoms with Gasteiger partial charge in [-0.25, -0.2) is 0 Å². The number of benzene rings is 1. The van der Waals surface area contributed by atoms with Gasteiger partial charge in [0.25, 0.3) is 0 Å². The molecule has 0 saturated carbocycles. The Balaban J connectivity index is 2.06. The van der Waals surface area contributed by atoms with E-state index < -0.39 is 23.4 Å². The van der Waals surface area contributed by atoms with E-state index in [0.717, 1.165) is 18.2 Å². The molecule has 0 aliphatic heterocycles. The molecule has 0 aliphatic rings. The highest BCUT2D eigenvalue weighted by molar-refractivity contribution is 9.10. The fraction of sp³-hybridized carbons (Fsp3) is 0.222. The number of hydrogen-bond acceptors (Lipinski definition) is 5. The SMILES string of the molecule is CC(C#N)(Cn1cc2ncc(Br)cc2n1)c1cc(OC(F)(F)F)ccc1C(N)=O. The van der Waals surface area contributed by atoms with Crippen LogP contribution in [0.2, 0.25) is 0 Å². The van der Waals surface area contributed by atoms with Gasteiger partial charge in [-0.2, -0.15) is 10.4 Å². The molecule has 0 spiro atoms. The number of aromatic nitrogens is 3. The quantitative estimate of drug-likeness (QED) is 0.615. The number of alkyl halides is 3. The van der Waals surface area contributed by atoms with Crippen LogP contribution < -0.4 is 10.5 Å². The van der Waals surface area contributed by atoms with Gasteiger partial charge in [0, 0.05) is 16.2 Å². The summed E-state index contributed by atoms with van der Waals surface area (Å²) in [6.07, 6.45) is -1.74. The largest absolute Gasteiger partial charge is 0.573 e. The third kappa shape index (κ3) is 4.48. The van der Waals surface area contributed by atoms with Crippen molar-refractivity contribution in [2.24, 2.45) is 5.73 Å². The minimum atomic E-state index is -4.92. The highest BCUT2D eigenvalue weighted by atomic mass is 79.9. The molecule has 1 atom stereocenters. The van der Waals surface area contributed by atoms with E-state index in [1.54, 1.807) is 18.5 Å². The number of nitrogens with two attached hydrogens (primary N) is 1. The zero-order valence-corrected chi connectivity index (χ0v) is 16.5. The fourth-order valence-electron chi connectivity index (χ4n) is 2.90. The number of carbonyl (C=O) groups excluding carboxylic acids is 1. The van der Waals surface area contributed by atoms with E-state index in [2.05, 4.69) is 30.7 Å². The highest BCUT2D eigenvalue weighted by Crippen LogP contribution is 2.33. The molecule has 150 valence electrons. The summed E-state index contributed by atoms with van der Waals surface area (Å²) >= 11 is 3.29. The first-order chi connectivity index (χ1) is 13.5. The first-order valence-corrected chi connectivity index (χ1v) is 8.90.